The van der Waals surface area contributed by atoms with Gasteiger partial charge in [0.15, 0.2) is 5.13 Å². The maximum Gasteiger partial charge on any atom is 0.270 e. The van der Waals surface area contributed by atoms with Gasteiger partial charge in [0.1, 0.15) is 0 Å². The van der Waals surface area contributed by atoms with E-state index in [0.717, 1.165) is 21.0 Å². The first-order valence-corrected chi connectivity index (χ1v) is 6.80. The smallest absolute Gasteiger partial charge is 0.270 e. The lowest BCUT2D eigenvalue weighted by molar-refractivity contribution is -0.384. The summed E-state index contributed by atoms with van der Waals surface area (Å²) < 4.78 is 0.817. The zero-order valence-corrected chi connectivity index (χ0v) is 11.5. The van der Waals surface area contributed by atoms with Crippen molar-refractivity contribution >= 4 is 38.1 Å². The normalized spacial score (nSPS) is 10.7. The molecular formula is C14H11N3O2S. The molecule has 3 aromatic rings. The number of non-ortho nitro benzene ring substituents is 1. The summed E-state index contributed by atoms with van der Waals surface area (Å²) in [5.41, 5.74) is 1.90. The van der Waals surface area contributed by atoms with Crippen LogP contribution in [0, 0.1) is 10.1 Å². The largest absolute Gasteiger partial charge is 0.321 e. The summed E-state index contributed by atoms with van der Waals surface area (Å²) in [5.74, 6) is 0. The molecule has 2 aromatic carbocycles. The van der Waals surface area contributed by atoms with Crippen LogP contribution in [-0.4, -0.2) is 17.0 Å². The summed E-state index contributed by atoms with van der Waals surface area (Å²) in [6.07, 6.45) is 0. The van der Waals surface area contributed by atoms with Crippen molar-refractivity contribution in [1.29, 1.82) is 0 Å². The standard InChI is InChI=1S/C14H11N3O2S/c1-16(10-5-3-2-4-6-10)14-15-12-8-7-11(17(18)19)9-13(12)20-14/h2-9H,1H3. The second-order valence-electron chi connectivity index (χ2n) is 4.30. The fraction of sp³-hybridized carbons (Fsp3) is 0.0714. The molecule has 0 aliphatic carbocycles. The number of anilines is 2. The lowest BCUT2D eigenvalue weighted by Crippen LogP contribution is -2.08. The van der Waals surface area contributed by atoms with Gasteiger partial charge in [-0.2, -0.15) is 0 Å². The number of hydrogen-bond acceptors (Lipinski definition) is 5. The molecule has 0 aliphatic rings. The summed E-state index contributed by atoms with van der Waals surface area (Å²) in [6, 6.07) is 14.6. The van der Waals surface area contributed by atoms with Crippen molar-refractivity contribution in [3.63, 3.8) is 0 Å². The predicted molar refractivity (Wildman–Crippen MR) is 80.8 cm³/mol. The Kier molecular flexibility index (Phi) is 3.08. The molecule has 0 amide bonds. The van der Waals surface area contributed by atoms with Crippen LogP contribution in [0.15, 0.2) is 48.5 Å². The molecule has 20 heavy (non-hydrogen) atoms. The number of benzene rings is 2. The SMILES string of the molecule is CN(c1ccccc1)c1nc2ccc([N+](=O)[O-])cc2s1. The van der Waals surface area contributed by atoms with Crippen LogP contribution in [0.5, 0.6) is 0 Å². The molecule has 5 nitrogen and oxygen atoms in total. The highest BCUT2D eigenvalue weighted by Gasteiger charge is 2.13. The zero-order chi connectivity index (χ0) is 14.1. The maximum atomic E-state index is 10.8. The Morgan fingerprint density at radius 3 is 2.65 bits per heavy atom. The quantitative estimate of drug-likeness (QED) is 0.539. The van der Waals surface area contributed by atoms with Crippen LogP contribution in [0.2, 0.25) is 0 Å². The van der Waals surface area contributed by atoms with Crippen LogP contribution < -0.4 is 4.90 Å². The number of aromatic nitrogens is 1. The van der Waals surface area contributed by atoms with Crippen LogP contribution in [0.3, 0.4) is 0 Å². The first-order valence-electron chi connectivity index (χ1n) is 5.99. The second kappa shape index (κ2) is 4.90. The van der Waals surface area contributed by atoms with Gasteiger partial charge >= 0.3 is 0 Å². The summed E-state index contributed by atoms with van der Waals surface area (Å²) >= 11 is 1.44. The molecule has 0 unspecified atom stereocenters. The molecule has 3 rings (SSSR count). The van der Waals surface area contributed by atoms with Crippen molar-refractivity contribution in [2.45, 2.75) is 0 Å². The van der Waals surface area contributed by atoms with E-state index in [1.807, 2.05) is 42.3 Å². The third-order valence-electron chi connectivity index (χ3n) is 3.00. The van der Waals surface area contributed by atoms with Gasteiger partial charge in [0.25, 0.3) is 5.69 Å². The van der Waals surface area contributed by atoms with Crippen LogP contribution in [-0.2, 0) is 0 Å². The maximum absolute atomic E-state index is 10.8. The number of nitro benzene ring substituents is 1. The van der Waals surface area contributed by atoms with Gasteiger partial charge in [-0.15, -0.1) is 0 Å². The third kappa shape index (κ3) is 2.21. The molecule has 0 N–H and O–H groups in total. The summed E-state index contributed by atoms with van der Waals surface area (Å²) in [6.45, 7) is 0. The van der Waals surface area contributed by atoms with E-state index in [1.54, 1.807) is 12.1 Å². The van der Waals surface area contributed by atoms with E-state index >= 15 is 0 Å². The first-order chi connectivity index (χ1) is 9.65. The fourth-order valence-corrected chi connectivity index (χ4v) is 2.90. The summed E-state index contributed by atoms with van der Waals surface area (Å²) in [7, 11) is 1.93. The molecule has 6 heteroatoms. The van der Waals surface area contributed by atoms with Gasteiger partial charge in [-0.3, -0.25) is 10.1 Å². The van der Waals surface area contributed by atoms with Crippen molar-refractivity contribution in [1.82, 2.24) is 4.98 Å². The van der Waals surface area contributed by atoms with E-state index in [2.05, 4.69) is 4.98 Å². The fourth-order valence-electron chi connectivity index (χ4n) is 1.92. The number of thiazole rings is 1. The Hall–Kier alpha value is -2.47. The highest BCUT2D eigenvalue weighted by atomic mass is 32.1. The van der Waals surface area contributed by atoms with E-state index in [9.17, 15) is 10.1 Å². The highest BCUT2D eigenvalue weighted by molar-refractivity contribution is 7.22. The molecule has 0 spiro atoms. The number of hydrogen-bond donors (Lipinski definition) is 0. The Labute approximate surface area is 119 Å². The molecule has 100 valence electrons. The highest BCUT2D eigenvalue weighted by Crippen LogP contribution is 2.33. The minimum atomic E-state index is -0.389. The molecular weight excluding hydrogens is 274 g/mol. The van der Waals surface area contributed by atoms with Gasteiger partial charge in [0.05, 0.1) is 15.1 Å². The number of fused-ring (bicyclic) bond motifs is 1. The Morgan fingerprint density at radius 1 is 1.20 bits per heavy atom. The molecule has 0 saturated carbocycles. The average Bonchev–Trinajstić information content (AvgIpc) is 2.90. The van der Waals surface area contributed by atoms with E-state index in [-0.39, 0.29) is 10.6 Å². The molecule has 0 atom stereocenters. The molecule has 1 aromatic heterocycles. The minimum absolute atomic E-state index is 0.0927. The summed E-state index contributed by atoms with van der Waals surface area (Å²) in [4.78, 5) is 16.9. The average molecular weight is 285 g/mol. The number of para-hydroxylation sites is 1. The van der Waals surface area contributed by atoms with Crippen molar-refractivity contribution < 1.29 is 4.92 Å². The van der Waals surface area contributed by atoms with E-state index in [0.29, 0.717) is 0 Å². The molecule has 0 saturated heterocycles. The molecule has 0 fully saturated rings. The van der Waals surface area contributed by atoms with Gasteiger partial charge in [-0.1, -0.05) is 29.5 Å². The Balaban J connectivity index is 2.03. The number of rotatable bonds is 3. The number of nitro groups is 1. The number of nitrogens with zero attached hydrogens (tertiary/aromatic N) is 3. The van der Waals surface area contributed by atoms with Gasteiger partial charge < -0.3 is 4.90 Å². The van der Waals surface area contributed by atoms with Crippen molar-refractivity contribution in [3.8, 4) is 0 Å². The zero-order valence-electron chi connectivity index (χ0n) is 10.7. The monoisotopic (exact) mass is 285 g/mol. The topological polar surface area (TPSA) is 59.3 Å². The molecule has 0 bridgehead atoms. The lowest BCUT2D eigenvalue weighted by Gasteiger charge is -2.14. The second-order valence-corrected chi connectivity index (χ2v) is 5.31. The predicted octanol–water partition coefficient (Wildman–Crippen LogP) is 3.97. The molecule has 1 heterocycles. The van der Waals surface area contributed by atoms with E-state index < -0.39 is 0 Å². The summed E-state index contributed by atoms with van der Waals surface area (Å²) in [5, 5.41) is 11.6. The molecule has 0 radical (unpaired) electrons. The van der Waals surface area contributed by atoms with Gasteiger partial charge in [-0.25, -0.2) is 4.98 Å². The van der Waals surface area contributed by atoms with Crippen molar-refractivity contribution in [2.75, 3.05) is 11.9 Å². The first kappa shape index (κ1) is 12.6. The van der Waals surface area contributed by atoms with E-state index in [1.165, 1.54) is 17.4 Å². The minimum Gasteiger partial charge on any atom is -0.321 e. The van der Waals surface area contributed by atoms with Gasteiger partial charge in [-0.05, 0) is 18.2 Å². The Morgan fingerprint density at radius 2 is 1.95 bits per heavy atom. The van der Waals surface area contributed by atoms with Crippen LogP contribution >= 0.6 is 11.3 Å². The molecule has 0 aliphatic heterocycles. The van der Waals surface area contributed by atoms with E-state index in [4.69, 9.17) is 0 Å². The van der Waals surface area contributed by atoms with Gasteiger partial charge in [0.2, 0.25) is 0 Å². The lowest BCUT2D eigenvalue weighted by atomic mass is 10.3. The van der Waals surface area contributed by atoms with Crippen molar-refractivity contribution in [3.05, 3.63) is 58.6 Å². The van der Waals surface area contributed by atoms with Crippen LogP contribution in [0.25, 0.3) is 10.2 Å². The van der Waals surface area contributed by atoms with Crippen LogP contribution in [0.4, 0.5) is 16.5 Å². The third-order valence-corrected chi connectivity index (χ3v) is 4.10. The van der Waals surface area contributed by atoms with Gasteiger partial charge in [0, 0.05) is 24.9 Å². The van der Waals surface area contributed by atoms with Crippen LogP contribution in [0.1, 0.15) is 0 Å². The van der Waals surface area contributed by atoms with Crippen molar-refractivity contribution in [2.24, 2.45) is 0 Å². The Bertz CT molecular complexity index is 770.